The van der Waals surface area contributed by atoms with Crippen LogP contribution in [0.1, 0.15) is 69.4 Å². The van der Waals surface area contributed by atoms with Crippen molar-refractivity contribution in [2.45, 2.75) is 58.3 Å². The molecule has 6 aromatic rings. The van der Waals surface area contributed by atoms with Gasteiger partial charge in [-0.15, -0.1) is 0 Å². The Balaban J connectivity index is 0.000000175. The molecule has 8 heteroatoms. The third-order valence-electron chi connectivity index (χ3n) is 7.87. The zero-order chi connectivity index (χ0) is 31.5. The van der Waals surface area contributed by atoms with E-state index < -0.39 is 23.8 Å². The first-order valence-electron chi connectivity index (χ1n) is 14.7. The van der Waals surface area contributed by atoms with Gasteiger partial charge in [-0.1, -0.05) is 77.6 Å². The van der Waals surface area contributed by atoms with Crippen LogP contribution in [0.5, 0.6) is 0 Å². The van der Waals surface area contributed by atoms with Crippen LogP contribution in [0.4, 0.5) is 0 Å². The molecule has 0 saturated carbocycles. The molecule has 0 radical (unpaired) electrons. The lowest BCUT2D eigenvalue weighted by Gasteiger charge is -2.15. The standard InChI is InChI=1S/2C18H17BrO3/c1-10(2)7-13(18(20)21)11-3-5-16-14(8-11)15-9-12(19)4-6-17(15)22-16;1-2-3-4-13(18(20)21)11-5-7-16-14(9-11)15-10-12(19)6-8-17(15)22-16/h3-6,8-10,13H,7H2,1-2H3,(H,20,21);5-10,13H,2-4H2,1H3,(H,20,21). The van der Waals surface area contributed by atoms with Gasteiger partial charge in [0.1, 0.15) is 22.3 Å². The molecule has 0 amide bonds. The normalized spacial score (nSPS) is 13.0. The van der Waals surface area contributed by atoms with Gasteiger partial charge in [0, 0.05) is 30.5 Å². The Bertz CT molecular complexity index is 1970. The highest BCUT2D eigenvalue weighted by Crippen LogP contribution is 2.35. The van der Waals surface area contributed by atoms with Crippen molar-refractivity contribution < 1.29 is 28.6 Å². The van der Waals surface area contributed by atoms with Gasteiger partial charge >= 0.3 is 11.9 Å². The molecule has 0 spiro atoms. The summed E-state index contributed by atoms with van der Waals surface area (Å²) in [4.78, 5) is 23.2. The van der Waals surface area contributed by atoms with E-state index in [4.69, 9.17) is 8.83 Å². The van der Waals surface area contributed by atoms with Gasteiger partial charge in [0.2, 0.25) is 0 Å². The molecule has 2 N–H and O–H groups in total. The average molecular weight is 722 g/mol. The Labute approximate surface area is 272 Å². The van der Waals surface area contributed by atoms with Crippen molar-refractivity contribution in [2.75, 3.05) is 0 Å². The fourth-order valence-corrected chi connectivity index (χ4v) is 6.38. The summed E-state index contributed by atoms with van der Waals surface area (Å²) in [6.07, 6.45) is 3.19. The van der Waals surface area contributed by atoms with Gasteiger partial charge in [0.15, 0.2) is 0 Å². The molecule has 6 nitrogen and oxygen atoms in total. The molecule has 6 rings (SSSR count). The number of hydrogen-bond donors (Lipinski definition) is 2. The Hall–Kier alpha value is -3.62. The van der Waals surface area contributed by atoms with E-state index >= 15 is 0 Å². The van der Waals surface area contributed by atoms with Crippen molar-refractivity contribution in [1.29, 1.82) is 0 Å². The SMILES string of the molecule is CC(C)CC(C(=O)O)c1ccc2oc3ccc(Br)cc3c2c1.CCCCC(C(=O)O)c1ccc2oc3ccc(Br)cc3c2c1. The fraction of sp³-hybridized carbons (Fsp3) is 0.278. The highest BCUT2D eigenvalue weighted by molar-refractivity contribution is 9.10. The van der Waals surface area contributed by atoms with Gasteiger partial charge in [-0.3, -0.25) is 9.59 Å². The van der Waals surface area contributed by atoms with Crippen LogP contribution in [-0.4, -0.2) is 22.2 Å². The average Bonchev–Trinajstić information content (AvgIpc) is 3.53. The number of furan rings is 2. The number of rotatable bonds is 9. The summed E-state index contributed by atoms with van der Waals surface area (Å²) in [7, 11) is 0. The first kappa shape index (κ1) is 31.8. The van der Waals surface area contributed by atoms with Crippen LogP contribution in [0.15, 0.2) is 90.6 Å². The molecule has 0 bridgehead atoms. The molecule has 2 atom stereocenters. The third-order valence-corrected chi connectivity index (χ3v) is 8.85. The lowest BCUT2D eigenvalue weighted by molar-refractivity contribution is -0.140. The highest BCUT2D eigenvalue weighted by Gasteiger charge is 2.23. The minimum Gasteiger partial charge on any atom is -0.481 e. The number of halogens is 2. The van der Waals surface area contributed by atoms with Gasteiger partial charge in [-0.2, -0.15) is 0 Å². The van der Waals surface area contributed by atoms with Gasteiger partial charge in [0.05, 0.1) is 11.8 Å². The molecular weight excluding hydrogens is 688 g/mol. The molecule has 0 saturated heterocycles. The van der Waals surface area contributed by atoms with Crippen LogP contribution in [-0.2, 0) is 9.59 Å². The van der Waals surface area contributed by atoms with E-state index in [1.54, 1.807) is 0 Å². The number of carboxylic acid groups (broad SMARTS) is 2. The Kier molecular flexibility index (Phi) is 9.81. The Morgan fingerprint density at radius 1 is 0.659 bits per heavy atom. The second kappa shape index (κ2) is 13.6. The Morgan fingerprint density at radius 3 is 1.48 bits per heavy atom. The van der Waals surface area contributed by atoms with Crippen LogP contribution in [0.25, 0.3) is 43.9 Å². The van der Waals surface area contributed by atoms with E-state index in [-0.39, 0.29) is 0 Å². The molecule has 0 fully saturated rings. The van der Waals surface area contributed by atoms with Crippen molar-refractivity contribution in [1.82, 2.24) is 0 Å². The van der Waals surface area contributed by atoms with Crippen LogP contribution in [0.2, 0.25) is 0 Å². The van der Waals surface area contributed by atoms with E-state index in [0.29, 0.717) is 18.8 Å². The zero-order valence-electron chi connectivity index (χ0n) is 24.8. The summed E-state index contributed by atoms with van der Waals surface area (Å²) in [5, 5.41) is 23.0. The maximum absolute atomic E-state index is 11.6. The lowest BCUT2D eigenvalue weighted by atomic mass is 9.89. The Morgan fingerprint density at radius 2 is 1.07 bits per heavy atom. The van der Waals surface area contributed by atoms with E-state index in [2.05, 4.69) is 38.8 Å². The summed E-state index contributed by atoms with van der Waals surface area (Å²) in [5.41, 5.74) is 4.87. The fourth-order valence-electron chi connectivity index (χ4n) is 5.66. The number of fused-ring (bicyclic) bond motifs is 6. The summed E-state index contributed by atoms with van der Waals surface area (Å²) < 4.78 is 13.6. The smallest absolute Gasteiger partial charge is 0.310 e. The molecule has 2 aromatic heterocycles. The minimum atomic E-state index is -0.776. The van der Waals surface area contributed by atoms with Crippen molar-refractivity contribution in [3.05, 3.63) is 92.9 Å². The molecular formula is C36H34Br2O6. The van der Waals surface area contributed by atoms with Crippen molar-refractivity contribution in [3.63, 3.8) is 0 Å². The lowest BCUT2D eigenvalue weighted by Crippen LogP contribution is -2.13. The minimum absolute atomic E-state index is 0.326. The first-order valence-corrected chi connectivity index (χ1v) is 16.3. The van der Waals surface area contributed by atoms with Crippen LogP contribution in [0, 0.1) is 5.92 Å². The van der Waals surface area contributed by atoms with Gasteiger partial charge in [-0.05, 0) is 90.6 Å². The number of benzene rings is 4. The van der Waals surface area contributed by atoms with Crippen LogP contribution < -0.4 is 0 Å². The second-order valence-corrected chi connectivity index (χ2v) is 13.4. The quantitative estimate of drug-likeness (QED) is 0.154. The number of hydrogen-bond acceptors (Lipinski definition) is 4. The second-order valence-electron chi connectivity index (χ2n) is 11.5. The molecule has 2 heterocycles. The number of aliphatic carboxylic acids is 2. The summed E-state index contributed by atoms with van der Waals surface area (Å²) >= 11 is 6.94. The van der Waals surface area contributed by atoms with Crippen LogP contribution in [0.3, 0.4) is 0 Å². The zero-order valence-corrected chi connectivity index (χ0v) is 27.9. The third kappa shape index (κ3) is 6.87. The maximum Gasteiger partial charge on any atom is 0.310 e. The largest absolute Gasteiger partial charge is 0.481 e. The topological polar surface area (TPSA) is 101 Å². The van der Waals surface area contributed by atoms with E-state index in [9.17, 15) is 19.8 Å². The summed E-state index contributed by atoms with van der Waals surface area (Å²) in [5.74, 6) is -2.15. The number of carboxylic acids is 2. The van der Waals surface area contributed by atoms with Crippen molar-refractivity contribution >= 4 is 87.7 Å². The van der Waals surface area contributed by atoms with Crippen molar-refractivity contribution in [3.8, 4) is 0 Å². The van der Waals surface area contributed by atoms with Gasteiger partial charge in [-0.25, -0.2) is 0 Å². The predicted molar refractivity (Wildman–Crippen MR) is 183 cm³/mol. The molecule has 228 valence electrons. The highest BCUT2D eigenvalue weighted by atomic mass is 79.9. The molecule has 0 aliphatic rings. The number of carbonyl (C=O) groups is 2. The molecule has 0 aliphatic carbocycles. The van der Waals surface area contributed by atoms with E-state index in [1.807, 2.05) is 86.6 Å². The van der Waals surface area contributed by atoms with Gasteiger partial charge in [0.25, 0.3) is 0 Å². The molecule has 0 aliphatic heterocycles. The first-order chi connectivity index (χ1) is 21.0. The molecule has 2 unspecified atom stereocenters. The summed E-state index contributed by atoms with van der Waals surface area (Å²) in [6, 6.07) is 23.1. The maximum atomic E-state index is 11.6. The molecule has 44 heavy (non-hydrogen) atoms. The van der Waals surface area contributed by atoms with Gasteiger partial charge < -0.3 is 19.0 Å². The monoisotopic (exact) mass is 720 g/mol. The summed E-state index contributed by atoms with van der Waals surface area (Å²) in [6.45, 7) is 6.15. The van der Waals surface area contributed by atoms with Crippen molar-refractivity contribution in [2.24, 2.45) is 5.92 Å². The molecule has 4 aromatic carbocycles. The van der Waals surface area contributed by atoms with Crippen LogP contribution >= 0.6 is 31.9 Å². The van der Waals surface area contributed by atoms with E-state index in [0.717, 1.165) is 76.8 Å². The predicted octanol–water partition coefficient (Wildman–Crippen LogP) is 11.3. The van der Waals surface area contributed by atoms with E-state index in [1.165, 1.54) is 0 Å². The number of unbranched alkanes of at least 4 members (excludes halogenated alkanes) is 1.